The molecule has 0 radical (unpaired) electrons. The van der Waals surface area contributed by atoms with E-state index >= 15 is 0 Å². The van der Waals surface area contributed by atoms with Crippen molar-refractivity contribution in [2.24, 2.45) is 16.7 Å². The highest BCUT2D eigenvalue weighted by molar-refractivity contribution is 8.04. The topological polar surface area (TPSA) is 0 Å². The second kappa shape index (κ2) is 2.70. The molecule has 3 atom stereocenters. The summed E-state index contributed by atoms with van der Waals surface area (Å²) in [5.41, 5.74) is 1.01. The average molecular weight is 194 g/mol. The van der Waals surface area contributed by atoms with E-state index in [0.29, 0.717) is 16.1 Å². The summed E-state index contributed by atoms with van der Waals surface area (Å²) in [5.74, 6) is 0.920. The summed E-state index contributed by atoms with van der Waals surface area (Å²) in [5, 5.41) is 3.49. The summed E-state index contributed by atoms with van der Waals surface area (Å²) in [4.78, 5) is 0. The van der Waals surface area contributed by atoms with Gasteiger partial charge < -0.3 is 0 Å². The smallest absolute Gasteiger partial charge is 0.0232 e. The predicted octanol–water partition coefficient (Wildman–Crippen LogP) is 3.53. The summed E-state index contributed by atoms with van der Waals surface area (Å²) in [6.07, 6.45) is 9.55. The minimum atomic E-state index is 0.495. The molecule has 0 aromatic heterocycles. The molecule has 0 spiro atoms. The lowest BCUT2D eigenvalue weighted by Crippen LogP contribution is -2.33. The van der Waals surface area contributed by atoms with Gasteiger partial charge in [-0.15, -0.1) is 6.42 Å². The van der Waals surface area contributed by atoms with Gasteiger partial charge in [0.15, 0.2) is 0 Å². The van der Waals surface area contributed by atoms with E-state index in [4.69, 9.17) is 6.42 Å². The lowest BCUT2D eigenvalue weighted by atomic mass is 9.71. The van der Waals surface area contributed by atoms with Crippen molar-refractivity contribution in [3.05, 3.63) is 0 Å². The van der Waals surface area contributed by atoms with Crippen LogP contribution in [0.5, 0.6) is 0 Å². The second-order valence-electron chi connectivity index (χ2n) is 5.33. The van der Waals surface area contributed by atoms with Gasteiger partial charge in [-0.3, -0.25) is 0 Å². The Morgan fingerprint density at radius 2 is 2.08 bits per heavy atom. The molecular formula is C12H18S. The molecule has 0 unspecified atom stereocenters. The summed E-state index contributed by atoms with van der Waals surface area (Å²) in [6.45, 7) is 7.30. The van der Waals surface area contributed by atoms with Crippen molar-refractivity contribution in [2.45, 2.75) is 45.3 Å². The van der Waals surface area contributed by atoms with E-state index in [1.165, 1.54) is 19.3 Å². The minimum absolute atomic E-state index is 0.495. The molecule has 0 N–H and O–H groups in total. The fourth-order valence-electron chi connectivity index (χ4n) is 3.39. The van der Waals surface area contributed by atoms with E-state index in [0.717, 1.165) is 5.92 Å². The first-order chi connectivity index (χ1) is 6.02. The number of hydrogen-bond donors (Lipinski definition) is 0. The van der Waals surface area contributed by atoms with Crippen LogP contribution in [-0.2, 0) is 0 Å². The standard InChI is InChI=1S/C12H18S/c1-5-13-10-8-9-6-7-12(10,4)11(9,2)3/h1,9-10H,6-8H2,2-4H3/t9-,10-,12+/m0/s1. The fraction of sp³-hybridized carbons (Fsp3) is 0.833. The summed E-state index contributed by atoms with van der Waals surface area (Å²) in [7, 11) is 0. The van der Waals surface area contributed by atoms with Crippen molar-refractivity contribution in [3.63, 3.8) is 0 Å². The number of hydrogen-bond acceptors (Lipinski definition) is 1. The third kappa shape index (κ3) is 1.02. The van der Waals surface area contributed by atoms with Gasteiger partial charge >= 0.3 is 0 Å². The molecule has 1 heteroatoms. The molecule has 0 aromatic rings. The van der Waals surface area contributed by atoms with E-state index in [2.05, 4.69) is 26.0 Å². The van der Waals surface area contributed by atoms with Crippen molar-refractivity contribution in [2.75, 3.05) is 0 Å². The highest BCUT2D eigenvalue weighted by atomic mass is 32.2. The molecular weight excluding hydrogens is 176 g/mol. The molecule has 0 aliphatic heterocycles. The average Bonchev–Trinajstić information content (AvgIpc) is 2.37. The van der Waals surface area contributed by atoms with Crippen LogP contribution in [0.1, 0.15) is 40.0 Å². The maximum atomic E-state index is 5.40. The Balaban J connectivity index is 2.29. The van der Waals surface area contributed by atoms with Crippen LogP contribution in [0.4, 0.5) is 0 Å². The first-order valence-electron chi connectivity index (χ1n) is 5.13. The van der Waals surface area contributed by atoms with Gasteiger partial charge in [-0.1, -0.05) is 32.5 Å². The van der Waals surface area contributed by atoms with E-state index in [1.54, 1.807) is 11.8 Å². The highest BCUT2D eigenvalue weighted by Gasteiger charge is 2.61. The SMILES string of the molecule is C#CS[C@H]1C[C@@H]2CC[C@@]1(C)C2(C)C. The lowest BCUT2D eigenvalue weighted by molar-refractivity contribution is 0.157. The summed E-state index contributed by atoms with van der Waals surface area (Å²) in [6, 6.07) is 0. The zero-order valence-electron chi connectivity index (χ0n) is 8.76. The van der Waals surface area contributed by atoms with Crippen LogP contribution in [0, 0.1) is 28.4 Å². The van der Waals surface area contributed by atoms with Gasteiger partial charge in [0.25, 0.3) is 0 Å². The quantitative estimate of drug-likeness (QED) is 0.575. The van der Waals surface area contributed by atoms with Gasteiger partial charge in [0.1, 0.15) is 0 Å². The molecule has 2 fully saturated rings. The number of terminal acetylenes is 1. The first-order valence-corrected chi connectivity index (χ1v) is 6.01. The second-order valence-corrected chi connectivity index (χ2v) is 6.38. The largest absolute Gasteiger partial charge is 0.108 e. The van der Waals surface area contributed by atoms with Gasteiger partial charge in [-0.05, 0) is 41.3 Å². The van der Waals surface area contributed by atoms with Crippen molar-refractivity contribution >= 4 is 11.8 Å². The Morgan fingerprint density at radius 3 is 2.46 bits per heavy atom. The molecule has 2 aliphatic carbocycles. The molecule has 0 heterocycles. The summed E-state index contributed by atoms with van der Waals surface area (Å²) < 4.78 is 0. The van der Waals surface area contributed by atoms with E-state index < -0.39 is 0 Å². The van der Waals surface area contributed by atoms with Crippen LogP contribution >= 0.6 is 11.8 Å². The highest BCUT2D eigenvalue weighted by Crippen LogP contribution is 2.68. The minimum Gasteiger partial charge on any atom is -0.108 e. The van der Waals surface area contributed by atoms with Crippen LogP contribution in [0.15, 0.2) is 0 Å². The number of rotatable bonds is 1. The van der Waals surface area contributed by atoms with Crippen molar-refractivity contribution in [3.8, 4) is 11.7 Å². The third-order valence-corrected chi connectivity index (χ3v) is 6.06. The van der Waals surface area contributed by atoms with Crippen molar-refractivity contribution in [1.82, 2.24) is 0 Å². The van der Waals surface area contributed by atoms with Gasteiger partial charge in [-0.2, -0.15) is 0 Å². The maximum absolute atomic E-state index is 5.40. The molecule has 2 bridgehead atoms. The van der Waals surface area contributed by atoms with Crippen LogP contribution in [0.2, 0.25) is 0 Å². The predicted molar refractivity (Wildman–Crippen MR) is 59.4 cm³/mol. The van der Waals surface area contributed by atoms with Crippen LogP contribution in [0.3, 0.4) is 0 Å². The van der Waals surface area contributed by atoms with Gasteiger partial charge in [0, 0.05) is 5.25 Å². The zero-order valence-corrected chi connectivity index (χ0v) is 9.58. The Bertz CT molecular complexity index is 261. The Hall–Kier alpha value is -0.0900. The van der Waals surface area contributed by atoms with Crippen LogP contribution in [0.25, 0.3) is 0 Å². The van der Waals surface area contributed by atoms with Gasteiger partial charge in [0.2, 0.25) is 0 Å². The molecule has 72 valence electrons. The molecule has 0 nitrogen and oxygen atoms in total. The normalized spacial score (nSPS) is 46.3. The van der Waals surface area contributed by atoms with Gasteiger partial charge in [0.05, 0.1) is 0 Å². The Labute approximate surface area is 85.9 Å². The fourth-order valence-corrected chi connectivity index (χ4v) is 4.57. The molecule has 0 saturated heterocycles. The lowest BCUT2D eigenvalue weighted by Gasteiger charge is -2.38. The molecule has 2 saturated carbocycles. The number of fused-ring (bicyclic) bond motifs is 2. The molecule has 2 rings (SSSR count). The molecule has 13 heavy (non-hydrogen) atoms. The van der Waals surface area contributed by atoms with Crippen molar-refractivity contribution in [1.29, 1.82) is 0 Å². The zero-order chi connectivity index (χ0) is 9.69. The maximum Gasteiger partial charge on any atom is 0.0232 e. The van der Waals surface area contributed by atoms with Gasteiger partial charge in [-0.25, -0.2) is 0 Å². The van der Waals surface area contributed by atoms with E-state index in [-0.39, 0.29) is 0 Å². The first kappa shape index (κ1) is 9.46. The molecule has 0 amide bonds. The molecule has 2 aliphatic rings. The van der Waals surface area contributed by atoms with Crippen LogP contribution < -0.4 is 0 Å². The molecule has 0 aromatic carbocycles. The Kier molecular flexibility index (Phi) is 1.97. The van der Waals surface area contributed by atoms with Crippen LogP contribution in [-0.4, -0.2) is 5.25 Å². The number of thioether (sulfide) groups is 1. The monoisotopic (exact) mass is 194 g/mol. The Morgan fingerprint density at radius 1 is 1.38 bits per heavy atom. The van der Waals surface area contributed by atoms with E-state index in [1.807, 2.05) is 0 Å². The van der Waals surface area contributed by atoms with Crippen molar-refractivity contribution < 1.29 is 0 Å². The third-order valence-electron chi connectivity index (χ3n) is 4.92. The van der Waals surface area contributed by atoms with E-state index in [9.17, 15) is 0 Å². The summed E-state index contributed by atoms with van der Waals surface area (Å²) >= 11 is 1.73.